The monoisotopic (exact) mass is 252 g/mol. The average molecular weight is 252 g/mol. The summed E-state index contributed by atoms with van der Waals surface area (Å²) in [7, 11) is 0. The summed E-state index contributed by atoms with van der Waals surface area (Å²) in [6, 6.07) is 2.01. The lowest BCUT2D eigenvalue weighted by Gasteiger charge is -2.07. The molecule has 1 aromatic rings. The van der Waals surface area contributed by atoms with Crippen molar-refractivity contribution in [1.82, 2.24) is 10.8 Å². The Bertz CT molecular complexity index is 388. The first-order valence-corrected chi connectivity index (χ1v) is 4.24. The Balaban J connectivity index is 2.24. The van der Waals surface area contributed by atoms with E-state index in [0.29, 0.717) is 5.76 Å². The van der Waals surface area contributed by atoms with Crippen LogP contribution in [0.1, 0.15) is 5.76 Å². The van der Waals surface area contributed by atoms with E-state index in [9.17, 15) is 22.8 Å². The van der Waals surface area contributed by atoms with Gasteiger partial charge in [-0.25, -0.2) is 9.59 Å². The molecule has 2 amide bonds. The number of carbonyl (C=O) groups is 2. The maximum Gasteiger partial charge on any atom is 0.493 e. The number of nitrogens with one attached hydrogen (secondary N) is 2. The molecule has 0 aromatic carbocycles. The highest BCUT2D eigenvalue weighted by Crippen LogP contribution is 2.15. The van der Waals surface area contributed by atoms with E-state index in [-0.39, 0.29) is 6.54 Å². The van der Waals surface area contributed by atoms with Gasteiger partial charge >= 0.3 is 18.2 Å². The fourth-order valence-electron chi connectivity index (χ4n) is 0.767. The van der Waals surface area contributed by atoms with Crippen molar-refractivity contribution in [2.75, 3.05) is 0 Å². The minimum atomic E-state index is -5.16. The zero-order valence-electron chi connectivity index (χ0n) is 8.21. The van der Waals surface area contributed by atoms with E-state index in [1.54, 1.807) is 12.1 Å². The SMILES string of the molecule is O=C(NCc1ccco1)NOC(=O)C(F)(F)F. The Kier molecular flexibility index (Phi) is 3.96. The second-order valence-corrected chi connectivity index (χ2v) is 2.75. The number of urea groups is 1. The van der Waals surface area contributed by atoms with Crippen LogP contribution in [0, 0.1) is 0 Å². The molecule has 0 bridgehead atoms. The van der Waals surface area contributed by atoms with Crippen molar-refractivity contribution in [2.45, 2.75) is 12.7 Å². The summed E-state index contributed by atoms with van der Waals surface area (Å²) < 4.78 is 39.8. The van der Waals surface area contributed by atoms with Crippen molar-refractivity contribution in [3.8, 4) is 0 Å². The number of carbonyl (C=O) groups excluding carboxylic acids is 2. The molecule has 2 N–H and O–H groups in total. The number of hydrogen-bond donors (Lipinski definition) is 2. The van der Waals surface area contributed by atoms with Crippen LogP contribution in [0.4, 0.5) is 18.0 Å². The highest BCUT2D eigenvalue weighted by molar-refractivity contribution is 5.79. The van der Waals surface area contributed by atoms with Gasteiger partial charge in [0.25, 0.3) is 0 Å². The van der Waals surface area contributed by atoms with Gasteiger partial charge in [0.2, 0.25) is 0 Å². The third-order valence-electron chi connectivity index (χ3n) is 1.47. The van der Waals surface area contributed by atoms with Crippen LogP contribution < -0.4 is 10.8 Å². The van der Waals surface area contributed by atoms with Gasteiger partial charge in [-0.1, -0.05) is 0 Å². The molecule has 0 atom stereocenters. The number of halogens is 3. The summed E-state index contributed by atoms with van der Waals surface area (Å²) in [5.41, 5.74) is 1.29. The minimum absolute atomic E-state index is 0.0532. The summed E-state index contributed by atoms with van der Waals surface area (Å²) in [5, 5.41) is 2.10. The van der Waals surface area contributed by atoms with E-state index >= 15 is 0 Å². The first-order chi connectivity index (χ1) is 7.89. The quantitative estimate of drug-likeness (QED) is 0.772. The van der Waals surface area contributed by atoms with Gasteiger partial charge in [-0.05, 0) is 12.1 Å². The zero-order chi connectivity index (χ0) is 12.9. The Hall–Kier alpha value is -2.19. The van der Waals surface area contributed by atoms with Gasteiger partial charge in [0.05, 0.1) is 12.8 Å². The van der Waals surface area contributed by atoms with Gasteiger partial charge in [0.15, 0.2) is 0 Å². The molecule has 94 valence electrons. The van der Waals surface area contributed by atoms with E-state index in [0.717, 1.165) is 0 Å². The molecule has 0 aliphatic carbocycles. The van der Waals surface area contributed by atoms with Crippen LogP contribution >= 0.6 is 0 Å². The summed E-state index contributed by atoms with van der Waals surface area (Å²) in [4.78, 5) is 24.5. The van der Waals surface area contributed by atoms with Crippen molar-refractivity contribution in [3.63, 3.8) is 0 Å². The lowest BCUT2D eigenvalue weighted by molar-refractivity contribution is -0.204. The number of hydroxylamine groups is 1. The maximum atomic E-state index is 11.6. The van der Waals surface area contributed by atoms with Gasteiger partial charge in [-0.2, -0.15) is 18.7 Å². The molecule has 0 spiro atoms. The summed E-state index contributed by atoms with van der Waals surface area (Å²) in [6.45, 7) is -0.0532. The van der Waals surface area contributed by atoms with Gasteiger partial charge in [-0.15, -0.1) is 0 Å². The predicted octanol–water partition coefficient (Wildman–Crippen LogP) is 1.10. The smallest absolute Gasteiger partial charge is 0.467 e. The van der Waals surface area contributed by atoms with Crippen molar-refractivity contribution in [3.05, 3.63) is 24.2 Å². The number of rotatable bonds is 2. The molecule has 0 saturated heterocycles. The second-order valence-electron chi connectivity index (χ2n) is 2.75. The molecule has 0 fully saturated rings. The average Bonchev–Trinajstić information content (AvgIpc) is 2.74. The second kappa shape index (κ2) is 5.23. The number of hydrogen-bond acceptors (Lipinski definition) is 4. The van der Waals surface area contributed by atoms with Crippen LogP contribution in [0.5, 0.6) is 0 Å². The molecule has 1 heterocycles. The summed E-state index contributed by atoms with van der Waals surface area (Å²) in [5.74, 6) is -2.12. The Morgan fingerprint density at radius 1 is 1.41 bits per heavy atom. The van der Waals surface area contributed by atoms with Crippen LogP contribution in [-0.4, -0.2) is 18.2 Å². The van der Waals surface area contributed by atoms with Gasteiger partial charge in [0, 0.05) is 0 Å². The molecule has 0 unspecified atom stereocenters. The summed E-state index contributed by atoms with van der Waals surface area (Å²) >= 11 is 0. The standard InChI is InChI=1S/C8H7F3N2O4/c9-8(10,11)6(14)17-13-7(15)12-4-5-2-1-3-16-5/h1-3H,4H2,(H2,12,13,15). The van der Waals surface area contributed by atoms with Crippen molar-refractivity contribution in [2.24, 2.45) is 0 Å². The lowest BCUT2D eigenvalue weighted by Crippen LogP contribution is -2.39. The maximum absolute atomic E-state index is 11.6. The third-order valence-corrected chi connectivity index (χ3v) is 1.47. The number of alkyl halides is 3. The number of furan rings is 1. The van der Waals surface area contributed by atoms with Crippen LogP contribution in [0.15, 0.2) is 22.8 Å². The fourth-order valence-corrected chi connectivity index (χ4v) is 0.767. The van der Waals surface area contributed by atoms with Crippen LogP contribution in [0.25, 0.3) is 0 Å². The van der Waals surface area contributed by atoms with Crippen molar-refractivity contribution >= 4 is 12.0 Å². The lowest BCUT2D eigenvalue weighted by atomic mass is 10.4. The topological polar surface area (TPSA) is 80.6 Å². The van der Waals surface area contributed by atoms with Gasteiger partial charge in [-0.3, -0.25) is 0 Å². The van der Waals surface area contributed by atoms with E-state index < -0.39 is 18.2 Å². The molecular formula is C8H7F3N2O4. The first kappa shape index (κ1) is 12.9. The highest BCUT2D eigenvalue weighted by Gasteiger charge is 2.41. The molecule has 0 saturated carbocycles. The molecule has 9 heteroatoms. The molecule has 6 nitrogen and oxygen atoms in total. The van der Waals surface area contributed by atoms with Crippen LogP contribution in [-0.2, 0) is 16.2 Å². The first-order valence-electron chi connectivity index (χ1n) is 4.24. The summed E-state index contributed by atoms with van der Waals surface area (Å²) in [6.07, 6.45) is -3.80. The molecule has 0 aliphatic rings. The van der Waals surface area contributed by atoms with Crippen LogP contribution in [0.3, 0.4) is 0 Å². The highest BCUT2D eigenvalue weighted by atomic mass is 19.4. The van der Waals surface area contributed by atoms with Gasteiger partial charge in [0.1, 0.15) is 5.76 Å². The molecule has 0 radical (unpaired) electrons. The Morgan fingerprint density at radius 3 is 2.65 bits per heavy atom. The zero-order valence-corrected chi connectivity index (χ0v) is 8.21. The van der Waals surface area contributed by atoms with E-state index in [4.69, 9.17) is 4.42 Å². The molecule has 17 heavy (non-hydrogen) atoms. The molecule has 1 rings (SSSR count). The molecular weight excluding hydrogens is 245 g/mol. The normalized spacial score (nSPS) is 10.8. The predicted molar refractivity (Wildman–Crippen MR) is 46.2 cm³/mol. The van der Waals surface area contributed by atoms with Crippen LogP contribution in [0.2, 0.25) is 0 Å². The minimum Gasteiger partial charge on any atom is -0.467 e. The molecule has 1 aromatic heterocycles. The Morgan fingerprint density at radius 2 is 2.12 bits per heavy atom. The van der Waals surface area contributed by atoms with E-state index in [1.165, 1.54) is 11.7 Å². The Labute approximate surface area is 92.7 Å². The third kappa shape index (κ3) is 4.45. The van der Waals surface area contributed by atoms with Crippen molar-refractivity contribution in [1.29, 1.82) is 0 Å². The van der Waals surface area contributed by atoms with Crippen molar-refractivity contribution < 1.29 is 32.0 Å². The molecule has 0 aliphatic heterocycles. The van der Waals surface area contributed by atoms with Gasteiger partial charge < -0.3 is 14.6 Å². The number of amides is 2. The van der Waals surface area contributed by atoms with E-state index in [2.05, 4.69) is 10.2 Å². The largest absolute Gasteiger partial charge is 0.493 e. The van der Waals surface area contributed by atoms with E-state index in [1.807, 2.05) is 0 Å². The fraction of sp³-hybridized carbons (Fsp3) is 0.250.